The zero-order chi connectivity index (χ0) is 20.5. The van der Waals surface area contributed by atoms with E-state index < -0.39 is 0 Å². The molecule has 5 nitrogen and oxygen atoms in total. The van der Waals surface area contributed by atoms with Crippen molar-refractivity contribution in [2.45, 2.75) is 30.9 Å². The van der Waals surface area contributed by atoms with E-state index in [1.165, 1.54) is 23.5 Å². The van der Waals surface area contributed by atoms with Gasteiger partial charge < -0.3 is 5.32 Å². The third kappa shape index (κ3) is 4.33. The van der Waals surface area contributed by atoms with Gasteiger partial charge in [-0.1, -0.05) is 31.3 Å². The number of hydrogen-bond acceptors (Lipinski definition) is 5. The molecule has 0 radical (unpaired) electrons. The number of aromatic nitrogens is 3. The Bertz CT molecular complexity index is 1200. The number of carbonyl (C=O) groups excluding carboxylic acids is 1. The van der Waals surface area contributed by atoms with E-state index in [0.29, 0.717) is 27.3 Å². The second-order valence-corrected chi connectivity index (χ2v) is 9.50. The molecule has 0 fully saturated rings. The van der Waals surface area contributed by atoms with Gasteiger partial charge in [0.1, 0.15) is 11.6 Å². The van der Waals surface area contributed by atoms with Gasteiger partial charge in [-0.3, -0.25) is 4.79 Å². The van der Waals surface area contributed by atoms with Crippen molar-refractivity contribution in [3.63, 3.8) is 0 Å². The predicted molar refractivity (Wildman–Crippen MR) is 117 cm³/mol. The molecule has 0 aliphatic rings. The molecule has 0 spiro atoms. The first-order valence-electron chi connectivity index (χ1n) is 9.10. The minimum Gasteiger partial charge on any atom is -0.306 e. The minimum absolute atomic E-state index is 0.218. The summed E-state index contributed by atoms with van der Waals surface area (Å²) < 4.78 is 15.8. The number of carbonyl (C=O) groups is 1. The molecule has 148 valence electrons. The van der Waals surface area contributed by atoms with Crippen molar-refractivity contribution in [2.75, 3.05) is 5.32 Å². The van der Waals surface area contributed by atoms with E-state index in [0.717, 1.165) is 15.3 Å². The molecule has 0 aliphatic heterocycles. The number of hydrogen-bond donors (Lipinski definition) is 1. The lowest BCUT2D eigenvalue weighted by Gasteiger charge is -2.09. The highest BCUT2D eigenvalue weighted by molar-refractivity contribution is 7.99. The highest BCUT2D eigenvalue weighted by Gasteiger charge is 2.16. The van der Waals surface area contributed by atoms with Crippen LogP contribution in [0.15, 0.2) is 53.4 Å². The summed E-state index contributed by atoms with van der Waals surface area (Å²) in [6.45, 7) is 6.07. The number of thioether (sulfide) groups is 1. The van der Waals surface area contributed by atoms with Crippen LogP contribution in [0.4, 0.5) is 10.2 Å². The molecule has 1 amide bonds. The van der Waals surface area contributed by atoms with Gasteiger partial charge in [0.05, 0.1) is 15.9 Å². The van der Waals surface area contributed by atoms with Gasteiger partial charge in [0.15, 0.2) is 0 Å². The fourth-order valence-electron chi connectivity index (χ4n) is 2.88. The lowest BCUT2D eigenvalue weighted by Crippen LogP contribution is -2.15. The molecule has 2 aromatic carbocycles. The molecule has 2 heterocycles. The Morgan fingerprint density at radius 3 is 2.83 bits per heavy atom. The van der Waals surface area contributed by atoms with E-state index >= 15 is 0 Å². The summed E-state index contributed by atoms with van der Waals surface area (Å²) in [5.74, 6) is -0.00419. The number of fused-ring (bicyclic) bond motifs is 1. The van der Waals surface area contributed by atoms with E-state index in [1.807, 2.05) is 25.1 Å². The smallest absolute Gasteiger partial charge is 0.256 e. The summed E-state index contributed by atoms with van der Waals surface area (Å²) in [6, 6.07) is 13.8. The predicted octanol–water partition coefficient (Wildman–Crippen LogP) is 5.68. The van der Waals surface area contributed by atoms with E-state index in [-0.39, 0.29) is 11.7 Å². The van der Waals surface area contributed by atoms with Crippen molar-refractivity contribution in [2.24, 2.45) is 0 Å². The summed E-state index contributed by atoms with van der Waals surface area (Å²) in [6.07, 6.45) is 0. The molecule has 4 rings (SSSR count). The second kappa shape index (κ2) is 7.96. The Hall–Kier alpha value is -2.71. The summed E-state index contributed by atoms with van der Waals surface area (Å²) in [7, 11) is 0. The molecule has 0 aliphatic carbocycles. The van der Waals surface area contributed by atoms with Crippen LogP contribution in [-0.4, -0.2) is 25.9 Å². The Morgan fingerprint density at radius 1 is 1.21 bits per heavy atom. The van der Waals surface area contributed by atoms with E-state index in [1.54, 1.807) is 34.6 Å². The maximum absolute atomic E-state index is 13.5. The minimum atomic E-state index is -0.308. The molecular formula is C21H19FN4OS2. The second-order valence-electron chi connectivity index (χ2n) is 6.84. The Balaban J connectivity index is 1.64. The van der Waals surface area contributed by atoms with Gasteiger partial charge in [-0.2, -0.15) is 9.78 Å². The number of nitrogens with one attached hydrogen (secondary N) is 1. The van der Waals surface area contributed by atoms with Crippen molar-refractivity contribution < 1.29 is 9.18 Å². The number of thiazole rings is 1. The van der Waals surface area contributed by atoms with Crippen LogP contribution in [0.5, 0.6) is 0 Å². The number of halogens is 1. The van der Waals surface area contributed by atoms with Crippen molar-refractivity contribution in [1.82, 2.24) is 14.8 Å². The van der Waals surface area contributed by atoms with E-state index in [9.17, 15) is 9.18 Å². The topological polar surface area (TPSA) is 59.8 Å². The number of nitrogens with zero attached hydrogens (tertiary/aromatic N) is 3. The van der Waals surface area contributed by atoms with Crippen molar-refractivity contribution in [3.8, 4) is 5.13 Å². The molecule has 0 atom stereocenters. The average Bonchev–Trinajstić information content (AvgIpc) is 3.23. The third-order valence-corrected chi connectivity index (χ3v) is 6.05. The summed E-state index contributed by atoms with van der Waals surface area (Å²) >= 11 is 3.03. The molecular weight excluding hydrogens is 407 g/mol. The van der Waals surface area contributed by atoms with Gasteiger partial charge in [-0.25, -0.2) is 9.37 Å². The molecule has 0 saturated carbocycles. The SMILES string of the molecule is Cc1cc(NC(=O)c2cccc(SC(C)C)c2)n(-c2nc3ccc(F)cc3s2)n1. The van der Waals surface area contributed by atoms with Crippen LogP contribution in [0.25, 0.3) is 15.3 Å². The molecule has 29 heavy (non-hydrogen) atoms. The number of aryl methyl sites for hydroxylation is 1. The van der Waals surface area contributed by atoms with Gasteiger partial charge >= 0.3 is 0 Å². The van der Waals surface area contributed by atoms with Crippen LogP contribution in [0.3, 0.4) is 0 Å². The molecule has 2 aromatic heterocycles. The fraction of sp³-hybridized carbons (Fsp3) is 0.190. The first-order valence-corrected chi connectivity index (χ1v) is 10.8. The Morgan fingerprint density at radius 2 is 2.03 bits per heavy atom. The van der Waals surface area contributed by atoms with E-state index in [2.05, 4.69) is 29.2 Å². The first-order chi connectivity index (χ1) is 13.9. The zero-order valence-corrected chi connectivity index (χ0v) is 17.8. The molecule has 0 unspecified atom stereocenters. The number of anilines is 1. The van der Waals surface area contributed by atoms with Gasteiger partial charge in [0, 0.05) is 21.8 Å². The molecule has 4 aromatic rings. The number of rotatable bonds is 5. The zero-order valence-electron chi connectivity index (χ0n) is 16.1. The van der Waals surface area contributed by atoms with Crippen LogP contribution in [0, 0.1) is 12.7 Å². The van der Waals surface area contributed by atoms with E-state index in [4.69, 9.17) is 0 Å². The largest absolute Gasteiger partial charge is 0.306 e. The fourth-order valence-corrected chi connectivity index (χ4v) is 4.74. The van der Waals surface area contributed by atoms with Crippen LogP contribution in [0.1, 0.15) is 29.9 Å². The van der Waals surface area contributed by atoms with Crippen LogP contribution < -0.4 is 5.32 Å². The highest BCUT2D eigenvalue weighted by atomic mass is 32.2. The normalized spacial score (nSPS) is 11.3. The van der Waals surface area contributed by atoms with Crippen LogP contribution in [0.2, 0.25) is 0 Å². The molecule has 1 N–H and O–H groups in total. The summed E-state index contributed by atoms with van der Waals surface area (Å²) in [5, 5.41) is 8.38. The van der Waals surface area contributed by atoms with Crippen molar-refractivity contribution in [1.29, 1.82) is 0 Å². The lowest BCUT2D eigenvalue weighted by molar-refractivity contribution is 0.102. The quantitative estimate of drug-likeness (QED) is 0.417. The number of amides is 1. The number of benzene rings is 2. The van der Waals surface area contributed by atoms with Crippen molar-refractivity contribution in [3.05, 3.63) is 65.6 Å². The highest BCUT2D eigenvalue weighted by Crippen LogP contribution is 2.28. The maximum Gasteiger partial charge on any atom is 0.256 e. The summed E-state index contributed by atoms with van der Waals surface area (Å²) in [4.78, 5) is 18.4. The molecule has 0 bridgehead atoms. The summed E-state index contributed by atoms with van der Waals surface area (Å²) in [5.41, 5.74) is 2.01. The van der Waals surface area contributed by atoms with Crippen molar-refractivity contribution >= 4 is 45.0 Å². The van der Waals surface area contributed by atoms with Gasteiger partial charge in [0.2, 0.25) is 5.13 Å². The third-order valence-electron chi connectivity index (χ3n) is 4.06. The standard InChI is InChI=1S/C21H19FN4OS2/c1-12(2)28-16-6-4-5-14(10-16)20(27)24-19-9-13(3)25-26(19)21-23-17-8-7-15(22)11-18(17)29-21/h4-12H,1-3H3,(H,24,27). The monoisotopic (exact) mass is 426 g/mol. The molecule has 8 heteroatoms. The maximum atomic E-state index is 13.5. The lowest BCUT2D eigenvalue weighted by atomic mass is 10.2. The first kappa shape index (κ1) is 19.6. The van der Waals surface area contributed by atoms with Crippen LogP contribution in [-0.2, 0) is 0 Å². The Kier molecular flexibility index (Phi) is 5.38. The van der Waals surface area contributed by atoms with Gasteiger partial charge in [0.25, 0.3) is 5.91 Å². The molecule has 0 saturated heterocycles. The Labute approximate surface area is 176 Å². The van der Waals surface area contributed by atoms with Gasteiger partial charge in [-0.15, -0.1) is 11.8 Å². The average molecular weight is 427 g/mol. The van der Waals surface area contributed by atoms with Crippen LogP contribution >= 0.6 is 23.1 Å². The van der Waals surface area contributed by atoms with Gasteiger partial charge in [-0.05, 0) is 43.3 Å².